The van der Waals surface area contributed by atoms with Crippen LogP contribution in [-0.4, -0.2) is 47.7 Å². The molecule has 2 atom stereocenters. The van der Waals surface area contributed by atoms with E-state index in [4.69, 9.17) is 0 Å². The third-order valence-corrected chi connectivity index (χ3v) is 9.58. The average molecular weight is 471 g/mol. The third kappa shape index (κ3) is 4.46. The molecule has 4 bridgehead atoms. The van der Waals surface area contributed by atoms with Crippen LogP contribution in [0.3, 0.4) is 0 Å². The van der Waals surface area contributed by atoms with Gasteiger partial charge in [-0.15, -0.1) is 0 Å². The fourth-order valence-electron chi connectivity index (χ4n) is 8.36. The minimum absolute atomic E-state index is 0.167. The Morgan fingerprint density at radius 1 is 0.771 bits per heavy atom. The molecule has 5 aliphatic rings. The van der Waals surface area contributed by atoms with E-state index in [1.54, 1.807) is 0 Å². The van der Waals surface area contributed by atoms with Crippen LogP contribution < -0.4 is 0 Å². The minimum Gasteiger partial charge on any atom is -0.340 e. The lowest BCUT2D eigenvalue weighted by atomic mass is 9.42. The number of nitrogens with zero attached hydrogens (tertiary/aromatic N) is 2. The predicted molar refractivity (Wildman–Crippen MR) is 138 cm³/mol. The summed E-state index contributed by atoms with van der Waals surface area (Å²) in [5.41, 5.74) is 2.76. The van der Waals surface area contributed by atoms with Crippen molar-refractivity contribution in [3.63, 3.8) is 0 Å². The topological polar surface area (TPSA) is 40.6 Å². The molecule has 7 rings (SSSR count). The highest BCUT2D eigenvalue weighted by molar-refractivity contribution is 5.89. The fourth-order valence-corrected chi connectivity index (χ4v) is 8.36. The molecule has 0 N–H and O–H groups in total. The first-order valence-electron chi connectivity index (χ1n) is 13.7. The number of ketones is 1. The molecule has 2 aromatic carbocycles. The maximum atomic E-state index is 13.7. The standard InChI is InChI=1S/C31H38N2O2/c34-28(11-12-29(35)33-15-13-32(14-16-33)22-24-7-3-1-4-8-24)31-20-25-17-26(21-31)19-30(18-25,23-31)27-9-5-2-6-10-27/h1-10,25-26H,11-23H2. The maximum Gasteiger partial charge on any atom is 0.223 e. The van der Waals surface area contributed by atoms with Crippen LogP contribution in [0.25, 0.3) is 0 Å². The van der Waals surface area contributed by atoms with Crippen LogP contribution >= 0.6 is 0 Å². The summed E-state index contributed by atoms with van der Waals surface area (Å²) in [5, 5.41) is 0. The Hall–Kier alpha value is -2.46. The van der Waals surface area contributed by atoms with Crippen molar-refractivity contribution in [2.75, 3.05) is 26.2 Å². The quantitative estimate of drug-likeness (QED) is 0.557. The Labute approximate surface area is 209 Å². The number of rotatable bonds is 7. The van der Waals surface area contributed by atoms with E-state index < -0.39 is 0 Å². The molecular weight excluding hydrogens is 432 g/mol. The summed E-state index contributed by atoms with van der Waals surface area (Å²) in [6, 6.07) is 21.5. The van der Waals surface area contributed by atoms with Crippen molar-refractivity contribution in [1.82, 2.24) is 9.80 Å². The van der Waals surface area contributed by atoms with Gasteiger partial charge in [0, 0.05) is 51.0 Å². The predicted octanol–water partition coefficient (Wildman–Crippen LogP) is 5.22. The second-order valence-corrected chi connectivity index (χ2v) is 12.0. The van der Waals surface area contributed by atoms with Crippen molar-refractivity contribution in [2.45, 2.75) is 63.3 Å². The van der Waals surface area contributed by atoms with Crippen LogP contribution in [0.15, 0.2) is 60.7 Å². The zero-order valence-electron chi connectivity index (χ0n) is 20.8. The van der Waals surface area contributed by atoms with Crippen LogP contribution in [-0.2, 0) is 21.5 Å². The van der Waals surface area contributed by atoms with Crippen LogP contribution in [0, 0.1) is 17.3 Å². The maximum absolute atomic E-state index is 13.7. The molecule has 2 unspecified atom stereocenters. The summed E-state index contributed by atoms with van der Waals surface area (Å²) < 4.78 is 0. The molecule has 0 spiro atoms. The van der Waals surface area contributed by atoms with E-state index in [2.05, 4.69) is 59.5 Å². The molecule has 4 heteroatoms. The first kappa shape index (κ1) is 23.0. The molecule has 4 aliphatic carbocycles. The van der Waals surface area contributed by atoms with Gasteiger partial charge in [-0.3, -0.25) is 14.5 Å². The van der Waals surface area contributed by atoms with Crippen molar-refractivity contribution < 1.29 is 9.59 Å². The molecule has 1 saturated heterocycles. The third-order valence-electron chi connectivity index (χ3n) is 9.58. The van der Waals surface area contributed by atoms with Crippen molar-refractivity contribution in [3.8, 4) is 0 Å². The van der Waals surface area contributed by atoms with Crippen molar-refractivity contribution >= 4 is 11.7 Å². The highest BCUT2D eigenvalue weighted by Crippen LogP contribution is 2.66. The zero-order chi connectivity index (χ0) is 23.9. The Bertz CT molecular complexity index is 1040. The van der Waals surface area contributed by atoms with E-state index >= 15 is 0 Å². The normalized spacial score (nSPS) is 32.1. The van der Waals surface area contributed by atoms with E-state index in [-0.39, 0.29) is 16.7 Å². The van der Waals surface area contributed by atoms with Crippen molar-refractivity contribution in [1.29, 1.82) is 0 Å². The Morgan fingerprint density at radius 3 is 2.06 bits per heavy atom. The zero-order valence-corrected chi connectivity index (χ0v) is 20.8. The van der Waals surface area contributed by atoms with Gasteiger partial charge >= 0.3 is 0 Å². The molecule has 35 heavy (non-hydrogen) atoms. The largest absolute Gasteiger partial charge is 0.340 e. The molecule has 1 aliphatic heterocycles. The van der Waals surface area contributed by atoms with Gasteiger partial charge in [0.1, 0.15) is 5.78 Å². The number of Topliss-reactive ketones (excluding diaryl/α,β-unsaturated/α-hetero) is 1. The first-order chi connectivity index (χ1) is 17.0. The van der Waals surface area contributed by atoms with Gasteiger partial charge in [-0.25, -0.2) is 0 Å². The lowest BCUT2D eigenvalue weighted by Crippen LogP contribution is -2.56. The summed E-state index contributed by atoms with van der Waals surface area (Å²) >= 11 is 0. The molecule has 2 aromatic rings. The number of benzene rings is 2. The number of carbonyl (C=O) groups excluding carboxylic acids is 2. The van der Waals surface area contributed by atoms with Gasteiger partial charge in [-0.05, 0) is 66.9 Å². The minimum atomic E-state index is -0.186. The van der Waals surface area contributed by atoms with Gasteiger partial charge in [0.25, 0.3) is 0 Å². The summed E-state index contributed by atoms with van der Waals surface area (Å²) in [6.45, 7) is 4.29. The van der Waals surface area contributed by atoms with Gasteiger partial charge in [-0.2, -0.15) is 0 Å². The Morgan fingerprint density at radius 2 is 1.40 bits per heavy atom. The Balaban J connectivity index is 1.05. The lowest BCUT2D eigenvalue weighted by Gasteiger charge is -2.62. The number of hydrogen-bond donors (Lipinski definition) is 0. The van der Waals surface area contributed by atoms with E-state index in [1.807, 2.05) is 11.0 Å². The van der Waals surface area contributed by atoms with Crippen LogP contribution in [0.1, 0.15) is 62.5 Å². The highest BCUT2D eigenvalue weighted by atomic mass is 16.2. The van der Waals surface area contributed by atoms with E-state index in [9.17, 15) is 9.59 Å². The van der Waals surface area contributed by atoms with Gasteiger partial charge in [0.15, 0.2) is 0 Å². The molecule has 4 nitrogen and oxygen atoms in total. The van der Waals surface area contributed by atoms with E-state index in [1.165, 1.54) is 30.4 Å². The number of amides is 1. The number of carbonyl (C=O) groups is 2. The van der Waals surface area contributed by atoms with Crippen LogP contribution in [0.5, 0.6) is 0 Å². The summed E-state index contributed by atoms with van der Waals surface area (Å²) in [6.07, 6.45) is 7.72. The van der Waals surface area contributed by atoms with E-state index in [0.29, 0.717) is 30.5 Å². The lowest BCUT2D eigenvalue weighted by molar-refractivity contribution is -0.148. The second-order valence-electron chi connectivity index (χ2n) is 12.0. The molecule has 0 radical (unpaired) electrons. The molecule has 1 amide bonds. The van der Waals surface area contributed by atoms with Gasteiger partial charge in [0.05, 0.1) is 0 Å². The Kier molecular flexibility index (Phi) is 6.04. The number of piperazine rings is 1. The molecule has 184 valence electrons. The monoisotopic (exact) mass is 470 g/mol. The van der Waals surface area contributed by atoms with E-state index in [0.717, 1.165) is 52.0 Å². The number of hydrogen-bond acceptors (Lipinski definition) is 3. The molecule has 5 fully saturated rings. The summed E-state index contributed by atoms with van der Waals surface area (Å²) in [4.78, 5) is 31.2. The summed E-state index contributed by atoms with van der Waals surface area (Å²) in [7, 11) is 0. The average Bonchev–Trinajstić information content (AvgIpc) is 2.88. The van der Waals surface area contributed by atoms with Crippen LogP contribution in [0.4, 0.5) is 0 Å². The molecule has 0 aromatic heterocycles. The van der Waals surface area contributed by atoms with Crippen LogP contribution in [0.2, 0.25) is 0 Å². The summed E-state index contributed by atoms with van der Waals surface area (Å²) in [5.74, 6) is 1.89. The smallest absolute Gasteiger partial charge is 0.223 e. The molecular formula is C31H38N2O2. The fraction of sp³-hybridized carbons (Fsp3) is 0.548. The SMILES string of the molecule is O=C(CCC(=O)C12CC3CC(C1)CC(c1ccccc1)(C3)C2)N1CCN(Cc2ccccc2)CC1. The highest BCUT2D eigenvalue weighted by Gasteiger charge is 2.60. The van der Waals surface area contributed by atoms with Crippen molar-refractivity contribution in [2.24, 2.45) is 17.3 Å². The molecule has 1 heterocycles. The van der Waals surface area contributed by atoms with Crippen molar-refractivity contribution in [3.05, 3.63) is 71.8 Å². The van der Waals surface area contributed by atoms with Gasteiger partial charge in [-0.1, -0.05) is 60.7 Å². The molecule has 4 saturated carbocycles. The van der Waals surface area contributed by atoms with Gasteiger partial charge in [0.2, 0.25) is 5.91 Å². The first-order valence-corrected chi connectivity index (χ1v) is 13.7. The second kappa shape index (κ2) is 9.20. The van der Waals surface area contributed by atoms with Gasteiger partial charge < -0.3 is 4.90 Å².